The van der Waals surface area contributed by atoms with Crippen LogP contribution in [0.25, 0.3) is 0 Å². The van der Waals surface area contributed by atoms with Gasteiger partial charge in [-0.2, -0.15) is 0 Å². The van der Waals surface area contributed by atoms with Crippen molar-refractivity contribution in [2.45, 2.75) is 39.0 Å². The van der Waals surface area contributed by atoms with Crippen molar-refractivity contribution >= 4 is 17.5 Å². The number of hydrogen-bond acceptors (Lipinski definition) is 4. The highest BCUT2D eigenvalue weighted by Gasteiger charge is 2.27. The molecule has 0 spiro atoms. The van der Waals surface area contributed by atoms with Crippen molar-refractivity contribution in [3.63, 3.8) is 0 Å². The zero-order valence-corrected chi connectivity index (χ0v) is 17.2. The zero-order valence-electron chi connectivity index (χ0n) is 17.2. The minimum Gasteiger partial charge on any atom is -0.372 e. The zero-order chi connectivity index (χ0) is 21.0. The Bertz CT molecular complexity index is 828. The Labute approximate surface area is 172 Å². The van der Waals surface area contributed by atoms with Crippen LogP contribution in [0.3, 0.4) is 0 Å². The fourth-order valence-electron chi connectivity index (χ4n) is 3.61. The second-order valence-corrected chi connectivity index (χ2v) is 7.76. The number of amides is 2. The van der Waals surface area contributed by atoms with Crippen LogP contribution in [-0.2, 0) is 9.53 Å². The van der Waals surface area contributed by atoms with Crippen LogP contribution in [0.4, 0.5) is 5.69 Å². The van der Waals surface area contributed by atoms with Crippen LogP contribution in [0.2, 0.25) is 0 Å². The van der Waals surface area contributed by atoms with Crippen LogP contribution in [0, 0.1) is 5.92 Å². The van der Waals surface area contributed by atoms with E-state index in [1.165, 1.54) is 0 Å². The van der Waals surface area contributed by atoms with E-state index < -0.39 is 5.92 Å². The Morgan fingerprint density at radius 1 is 1.03 bits per heavy atom. The van der Waals surface area contributed by atoms with Gasteiger partial charge in [-0.3, -0.25) is 9.59 Å². The van der Waals surface area contributed by atoms with E-state index in [0.29, 0.717) is 24.3 Å². The number of nitrogens with two attached hydrogens (primary N) is 1. The summed E-state index contributed by atoms with van der Waals surface area (Å²) in [4.78, 5) is 27.1. The van der Waals surface area contributed by atoms with Gasteiger partial charge in [-0.25, -0.2) is 0 Å². The lowest BCUT2D eigenvalue weighted by atomic mass is 9.94. The normalized spacial score (nSPS) is 21.3. The lowest BCUT2D eigenvalue weighted by molar-refractivity contribution is -0.120. The first-order valence-electron chi connectivity index (χ1n) is 10.0. The maximum Gasteiger partial charge on any atom is 0.254 e. The molecule has 0 radical (unpaired) electrons. The van der Waals surface area contributed by atoms with Gasteiger partial charge in [-0.05, 0) is 43.7 Å². The van der Waals surface area contributed by atoms with Gasteiger partial charge in [-0.1, -0.05) is 37.3 Å². The Morgan fingerprint density at radius 2 is 1.62 bits per heavy atom. The van der Waals surface area contributed by atoms with Crippen molar-refractivity contribution < 1.29 is 14.3 Å². The van der Waals surface area contributed by atoms with E-state index in [4.69, 9.17) is 10.5 Å². The first-order valence-corrected chi connectivity index (χ1v) is 10.0. The number of ether oxygens (including phenoxy) is 1. The van der Waals surface area contributed by atoms with Crippen molar-refractivity contribution in [2.24, 2.45) is 11.7 Å². The molecule has 2 aromatic carbocycles. The molecule has 6 heteroatoms. The predicted molar refractivity (Wildman–Crippen MR) is 114 cm³/mol. The number of nitrogens with zero attached hydrogens (tertiary/aromatic N) is 1. The van der Waals surface area contributed by atoms with E-state index in [9.17, 15) is 9.59 Å². The second kappa shape index (κ2) is 9.20. The molecule has 4 atom stereocenters. The van der Waals surface area contributed by atoms with Gasteiger partial charge in [0.15, 0.2) is 0 Å². The molecule has 1 heterocycles. The Balaban J connectivity index is 1.61. The number of rotatable bonds is 5. The van der Waals surface area contributed by atoms with Crippen molar-refractivity contribution in [3.05, 3.63) is 65.7 Å². The number of carbonyl (C=O) groups is 2. The number of hydrogen-bond donors (Lipinski definition) is 2. The molecule has 0 saturated carbocycles. The lowest BCUT2D eigenvalue weighted by Crippen LogP contribution is -2.48. The minimum atomic E-state index is -0.393. The standard InChI is InChI=1S/C23H29N3O3/c1-15-13-26(14-16(2)29-15)23(28)19-9-11-20(12-10-19)25-22(27)17(3)21(24)18-7-5-4-6-8-18/h4-12,15-17,21H,13-14,24H2,1-3H3,(H,25,27). The molecule has 2 amide bonds. The molecular formula is C23H29N3O3. The molecular weight excluding hydrogens is 366 g/mol. The lowest BCUT2D eigenvalue weighted by Gasteiger charge is -2.35. The summed E-state index contributed by atoms with van der Waals surface area (Å²) in [5, 5.41) is 2.89. The van der Waals surface area contributed by atoms with Gasteiger partial charge in [0.2, 0.25) is 5.91 Å². The van der Waals surface area contributed by atoms with Gasteiger partial charge >= 0.3 is 0 Å². The number of morpholine rings is 1. The SMILES string of the molecule is CC1CN(C(=O)c2ccc(NC(=O)C(C)C(N)c3ccccc3)cc2)CC(C)O1. The molecule has 6 nitrogen and oxygen atoms in total. The van der Waals surface area contributed by atoms with Crippen molar-refractivity contribution in [3.8, 4) is 0 Å². The summed E-state index contributed by atoms with van der Waals surface area (Å²) in [6.45, 7) is 6.91. The highest BCUT2D eigenvalue weighted by Crippen LogP contribution is 2.21. The molecule has 1 fully saturated rings. The fourth-order valence-corrected chi connectivity index (χ4v) is 3.61. The van der Waals surface area contributed by atoms with E-state index in [0.717, 1.165) is 5.56 Å². The Kier molecular flexibility index (Phi) is 6.67. The molecule has 0 aromatic heterocycles. The average molecular weight is 396 g/mol. The number of carbonyl (C=O) groups excluding carboxylic acids is 2. The maximum atomic E-state index is 12.7. The van der Waals surface area contributed by atoms with Crippen molar-refractivity contribution in [2.75, 3.05) is 18.4 Å². The summed E-state index contributed by atoms with van der Waals surface area (Å²) in [6.07, 6.45) is 0.0492. The van der Waals surface area contributed by atoms with Crippen LogP contribution in [-0.4, -0.2) is 42.0 Å². The second-order valence-electron chi connectivity index (χ2n) is 7.76. The largest absolute Gasteiger partial charge is 0.372 e. The molecule has 1 aliphatic rings. The van der Waals surface area contributed by atoms with E-state index >= 15 is 0 Å². The smallest absolute Gasteiger partial charge is 0.254 e. The number of benzene rings is 2. The van der Waals surface area contributed by atoms with E-state index in [2.05, 4.69) is 5.32 Å². The van der Waals surface area contributed by atoms with Crippen LogP contribution < -0.4 is 11.1 Å². The molecule has 0 aliphatic carbocycles. The maximum absolute atomic E-state index is 12.7. The fraction of sp³-hybridized carbons (Fsp3) is 0.391. The minimum absolute atomic E-state index is 0.0238. The van der Waals surface area contributed by atoms with Crippen LogP contribution >= 0.6 is 0 Å². The third-order valence-electron chi connectivity index (χ3n) is 5.24. The molecule has 1 aliphatic heterocycles. The molecule has 1 saturated heterocycles. The number of anilines is 1. The summed E-state index contributed by atoms with van der Waals surface area (Å²) in [6, 6.07) is 16.2. The summed E-state index contributed by atoms with van der Waals surface area (Å²) in [5.41, 5.74) is 8.40. The summed E-state index contributed by atoms with van der Waals surface area (Å²) < 4.78 is 5.69. The highest BCUT2D eigenvalue weighted by molar-refractivity contribution is 5.96. The topological polar surface area (TPSA) is 84.7 Å². The van der Waals surface area contributed by atoms with Gasteiger partial charge in [0, 0.05) is 30.4 Å². The molecule has 3 rings (SSSR count). The van der Waals surface area contributed by atoms with Crippen LogP contribution in [0.1, 0.15) is 42.7 Å². The van der Waals surface area contributed by atoms with Gasteiger partial charge in [-0.15, -0.1) is 0 Å². The third-order valence-corrected chi connectivity index (χ3v) is 5.24. The molecule has 2 aromatic rings. The Hall–Kier alpha value is -2.70. The average Bonchev–Trinajstić information content (AvgIpc) is 2.72. The van der Waals surface area contributed by atoms with Crippen molar-refractivity contribution in [1.29, 1.82) is 0 Å². The molecule has 154 valence electrons. The first-order chi connectivity index (χ1) is 13.8. The predicted octanol–water partition coefficient (Wildman–Crippen LogP) is 3.21. The molecule has 3 N–H and O–H groups in total. The van der Waals surface area contributed by atoms with E-state index in [1.807, 2.05) is 56.0 Å². The van der Waals surface area contributed by atoms with E-state index in [1.54, 1.807) is 24.3 Å². The summed E-state index contributed by atoms with van der Waals surface area (Å²) in [5.74, 6) is -0.573. The molecule has 4 unspecified atom stereocenters. The summed E-state index contributed by atoms with van der Waals surface area (Å²) >= 11 is 0. The molecule has 0 bridgehead atoms. The third kappa shape index (κ3) is 5.22. The monoisotopic (exact) mass is 395 g/mol. The van der Waals surface area contributed by atoms with Gasteiger partial charge in [0.25, 0.3) is 5.91 Å². The van der Waals surface area contributed by atoms with Crippen LogP contribution in [0.15, 0.2) is 54.6 Å². The first kappa shape index (κ1) is 21.0. The Morgan fingerprint density at radius 3 is 2.21 bits per heavy atom. The van der Waals surface area contributed by atoms with E-state index in [-0.39, 0.29) is 30.1 Å². The van der Waals surface area contributed by atoms with Crippen molar-refractivity contribution in [1.82, 2.24) is 4.90 Å². The van der Waals surface area contributed by atoms with Gasteiger partial charge in [0.05, 0.1) is 18.1 Å². The summed E-state index contributed by atoms with van der Waals surface area (Å²) in [7, 11) is 0. The van der Waals surface area contributed by atoms with Crippen LogP contribution in [0.5, 0.6) is 0 Å². The number of nitrogens with one attached hydrogen (secondary N) is 1. The molecule has 29 heavy (non-hydrogen) atoms. The quantitative estimate of drug-likeness (QED) is 0.814. The van der Waals surface area contributed by atoms with Gasteiger partial charge < -0.3 is 20.7 Å². The van der Waals surface area contributed by atoms with Gasteiger partial charge in [0.1, 0.15) is 0 Å². The highest BCUT2D eigenvalue weighted by atomic mass is 16.5.